The Balaban J connectivity index is 2.52. The Kier molecular flexibility index (Phi) is 4.72. The van der Waals surface area contributed by atoms with Gasteiger partial charge >= 0.3 is 0 Å². The van der Waals surface area contributed by atoms with E-state index in [0.717, 1.165) is 16.6 Å². The lowest BCUT2D eigenvalue weighted by Crippen LogP contribution is -2.21. The molecule has 0 aliphatic carbocycles. The van der Waals surface area contributed by atoms with Gasteiger partial charge in [-0.15, -0.1) is 11.3 Å². The Labute approximate surface area is 96.4 Å². The predicted octanol–water partition coefficient (Wildman–Crippen LogP) is 1.13. The van der Waals surface area contributed by atoms with Gasteiger partial charge in [-0.3, -0.25) is 4.79 Å². The van der Waals surface area contributed by atoms with Crippen molar-refractivity contribution in [3.63, 3.8) is 0 Å². The molecule has 15 heavy (non-hydrogen) atoms. The molecule has 2 atom stereocenters. The number of carbonyl (C=O) groups is 1. The Morgan fingerprint density at radius 1 is 1.67 bits per heavy atom. The van der Waals surface area contributed by atoms with Crippen LogP contribution < -0.4 is 0 Å². The molecule has 6 heteroatoms. The lowest BCUT2D eigenvalue weighted by Gasteiger charge is -2.14. The van der Waals surface area contributed by atoms with Gasteiger partial charge in [0, 0.05) is 23.8 Å². The normalized spacial score (nSPS) is 14.9. The SMILES string of the molecule is CC(=O)SCC(O)C(O)c1ncc(C)s1. The molecule has 4 nitrogen and oxygen atoms in total. The first-order valence-corrected chi connectivity index (χ1v) is 6.22. The van der Waals surface area contributed by atoms with E-state index in [1.165, 1.54) is 18.3 Å². The fraction of sp³-hybridized carbons (Fsp3) is 0.556. The zero-order valence-electron chi connectivity index (χ0n) is 8.51. The molecule has 0 amide bonds. The summed E-state index contributed by atoms with van der Waals surface area (Å²) in [6.07, 6.45) is -0.311. The lowest BCUT2D eigenvalue weighted by molar-refractivity contribution is -0.109. The highest BCUT2D eigenvalue weighted by Gasteiger charge is 2.21. The largest absolute Gasteiger partial charge is 0.389 e. The molecule has 2 N–H and O–H groups in total. The first-order valence-electron chi connectivity index (χ1n) is 4.42. The van der Waals surface area contributed by atoms with Crippen LogP contribution in [0.4, 0.5) is 0 Å². The highest BCUT2D eigenvalue weighted by atomic mass is 32.2. The summed E-state index contributed by atoms with van der Waals surface area (Å²) < 4.78 is 0. The number of aromatic nitrogens is 1. The quantitative estimate of drug-likeness (QED) is 0.834. The molecule has 0 saturated heterocycles. The van der Waals surface area contributed by atoms with Gasteiger partial charge in [-0.05, 0) is 6.92 Å². The van der Waals surface area contributed by atoms with Crippen molar-refractivity contribution >= 4 is 28.2 Å². The number of thiazole rings is 1. The summed E-state index contributed by atoms with van der Waals surface area (Å²) in [7, 11) is 0. The molecule has 1 heterocycles. The van der Waals surface area contributed by atoms with E-state index in [-0.39, 0.29) is 10.9 Å². The fourth-order valence-corrected chi connectivity index (χ4v) is 2.37. The van der Waals surface area contributed by atoms with Crippen LogP contribution in [0.3, 0.4) is 0 Å². The van der Waals surface area contributed by atoms with Crippen LogP contribution in [0.25, 0.3) is 0 Å². The van der Waals surface area contributed by atoms with Gasteiger partial charge in [0.25, 0.3) is 0 Å². The van der Waals surface area contributed by atoms with Gasteiger partial charge in [0.15, 0.2) is 5.12 Å². The van der Waals surface area contributed by atoms with E-state index in [2.05, 4.69) is 4.98 Å². The number of hydrogen-bond acceptors (Lipinski definition) is 6. The Hall–Kier alpha value is -0.430. The minimum Gasteiger partial charge on any atom is -0.389 e. The van der Waals surface area contributed by atoms with Gasteiger partial charge in [0.05, 0.1) is 6.10 Å². The van der Waals surface area contributed by atoms with E-state index in [1.54, 1.807) is 6.20 Å². The van der Waals surface area contributed by atoms with Crippen molar-refractivity contribution in [1.82, 2.24) is 4.98 Å². The molecule has 0 bridgehead atoms. The van der Waals surface area contributed by atoms with Gasteiger partial charge in [-0.25, -0.2) is 4.98 Å². The molecule has 1 rings (SSSR count). The van der Waals surface area contributed by atoms with Crippen molar-refractivity contribution in [3.8, 4) is 0 Å². The third-order valence-corrected chi connectivity index (χ3v) is 3.61. The van der Waals surface area contributed by atoms with E-state index >= 15 is 0 Å². The van der Waals surface area contributed by atoms with Crippen LogP contribution in [0.2, 0.25) is 0 Å². The molecule has 0 fully saturated rings. The highest BCUT2D eigenvalue weighted by molar-refractivity contribution is 8.13. The zero-order chi connectivity index (χ0) is 11.4. The van der Waals surface area contributed by atoms with Gasteiger partial charge in [-0.2, -0.15) is 0 Å². The summed E-state index contributed by atoms with van der Waals surface area (Å²) in [6.45, 7) is 3.31. The first-order chi connectivity index (χ1) is 7.00. The standard InChI is InChI=1S/C9H13NO3S2/c1-5-3-10-9(15-5)8(13)7(12)4-14-6(2)11/h3,7-8,12-13H,4H2,1-2H3. The molecule has 0 spiro atoms. The van der Waals surface area contributed by atoms with Crippen molar-refractivity contribution in [1.29, 1.82) is 0 Å². The second-order valence-corrected chi connectivity index (χ2v) is 5.59. The van der Waals surface area contributed by atoms with Crippen molar-refractivity contribution in [3.05, 3.63) is 16.1 Å². The molecule has 84 valence electrons. The topological polar surface area (TPSA) is 70.4 Å². The minimum absolute atomic E-state index is 0.0726. The molecule has 0 aromatic carbocycles. The summed E-state index contributed by atoms with van der Waals surface area (Å²) in [5.41, 5.74) is 0. The highest BCUT2D eigenvalue weighted by Crippen LogP contribution is 2.23. The van der Waals surface area contributed by atoms with Crippen LogP contribution in [0.15, 0.2) is 6.20 Å². The molecular formula is C9H13NO3S2. The first kappa shape index (κ1) is 12.6. The Morgan fingerprint density at radius 3 is 2.80 bits per heavy atom. The average molecular weight is 247 g/mol. The number of aliphatic hydroxyl groups excluding tert-OH is 2. The Morgan fingerprint density at radius 2 is 2.33 bits per heavy atom. The maximum Gasteiger partial charge on any atom is 0.185 e. The number of carbonyl (C=O) groups excluding carboxylic acids is 1. The number of rotatable bonds is 4. The van der Waals surface area contributed by atoms with E-state index in [4.69, 9.17) is 0 Å². The fourth-order valence-electron chi connectivity index (χ4n) is 0.967. The van der Waals surface area contributed by atoms with Crippen molar-refractivity contribution < 1.29 is 15.0 Å². The summed E-state index contributed by atoms with van der Waals surface area (Å²) in [4.78, 5) is 15.6. The Bertz CT molecular complexity index is 340. The van der Waals surface area contributed by atoms with Gasteiger partial charge < -0.3 is 10.2 Å². The molecular weight excluding hydrogens is 234 g/mol. The summed E-state index contributed by atoms with van der Waals surface area (Å²) in [6, 6.07) is 0. The van der Waals surface area contributed by atoms with Crippen LogP contribution in [0.1, 0.15) is 22.9 Å². The van der Waals surface area contributed by atoms with Crippen molar-refractivity contribution in [2.75, 3.05) is 5.75 Å². The minimum atomic E-state index is -1.00. The second kappa shape index (κ2) is 5.60. The number of thioether (sulfide) groups is 1. The molecule has 1 aromatic heterocycles. The van der Waals surface area contributed by atoms with Crippen LogP contribution in [-0.4, -0.2) is 32.2 Å². The molecule has 2 unspecified atom stereocenters. The third-order valence-electron chi connectivity index (χ3n) is 1.71. The summed E-state index contributed by atoms with van der Waals surface area (Å²) >= 11 is 2.34. The van der Waals surface area contributed by atoms with Crippen molar-refractivity contribution in [2.24, 2.45) is 0 Å². The maximum atomic E-state index is 10.7. The number of hydrogen-bond donors (Lipinski definition) is 2. The summed E-state index contributed by atoms with van der Waals surface area (Å²) in [5.74, 6) is 0.190. The van der Waals surface area contributed by atoms with Crippen LogP contribution >= 0.6 is 23.1 Å². The maximum absolute atomic E-state index is 10.7. The number of aliphatic hydroxyl groups is 2. The predicted molar refractivity (Wildman–Crippen MR) is 61.0 cm³/mol. The van der Waals surface area contributed by atoms with E-state index in [9.17, 15) is 15.0 Å². The van der Waals surface area contributed by atoms with Crippen LogP contribution in [0.5, 0.6) is 0 Å². The van der Waals surface area contributed by atoms with E-state index in [1.807, 2.05) is 6.92 Å². The molecule has 0 aliphatic heterocycles. The monoisotopic (exact) mass is 247 g/mol. The molecule has 0 radical (unpaired) electrons. The zero-order valence-corrected chi connectivity index (χ0v) is 10.1. The number of nitrogens with zero attached hydrogens (tertiary/aromatic N) is 1. The lowest BCUT2D eigenvalue weighted by atomic mass is 10.2. The van der Waals surface area contributed by atoms with Gasteiger partial charge in [0.1, 0.15) is 11.1 Å². The molecule has 0 aliphatic rings. The van der Waals surface area contributed by atoms with Gasteiger partial charge in [-0.1, -0.05) is 11.8 Å². The van der Waals surface area contributed by atoms with E-state index < -0.39 is 12.2 Å². The smallest absolute Gasteiger partial charge is 0.185 e. The second-order valence-electron chi connectivity index (χ2n) is 3.12. The third kappa shape index (κ3) is 3.90. The number of aryl methyl sites for hydroxylation is 1. The van der Waals surface area contributed by atoms with Crippen LogP contribution in [0, 0.1) is 6.92 Å². The molecule has 0 saturated carbocycles. The van der Waals surface area contributed by atoms with Gasteiger partial charge in [0.2, 0.25) is 0 Å². The molecule has 1 aromatic rings. The summed E-state index contributed by atoms with van der Waals surface area (Å²) in [5, 5.41) is 19.7. The van der Waals surface area contributed by atoms with Crippen LogP contribution in [-0.2, 0) is 4.79 Å². The van der Waals surface area contributed by atoms with E-state index in [0.29, 0.717) is 5.01 Å². The average Bonchev–Trinajstić information content (AvgIpc) is 2.60. The van der Waals surface area contributed by atoms with Crippen molar-refractivity contribution in [2.45, 2.75) is 26.1 Å².